The number of nitrogens with one attached hydrogen (secondary N) is 1. The highest BCUT2D eigenvalue weighted by atomic mass is 35.5. The van der Waals surface area contributed by atoms with Gasteiger partial charge in [0.25, 0.3) is 10.0 Å². The SMILES string of the molecule is CCCCNC(=O)[C@@H](Cc1ccccc1)N(Cc1ccccc1Cl)C(=O)CN(c1ccccc1Cl)S(=O)(=O)c1ccc(C)cc1. The fourth-order valence-electron chi connectivity index (χ4n) is 4.88. The van der Waals surface area contributed by atoms with Gasteiger partial charge in [0, 0.05) is 24.5 Å². The van der Waals surface area contributed by atoms with Crippen molar-refractivity contribution < 1.29 is 18.0 Å². The molecular formula is C35H37Cl2N3O4S. The highest BCUT2D eigenvalue weighted by Crippen LogP contribution is 2.31. The van der Waals surface area contributed by atoms with Crippen LogP contribution in [0, 0.1) is 6.92 Å². The summed E-state index contributed by atoms with van der Waals surface area (Å²) in [6.07, 6.45) is 1.87. The average molecular weight is 667 g/mol. The molecule has 45 heavy (non-hydrogen) atoms. The Morgan fingerprint density at radius 1 is 0.822 bits per heavy atom. The number of sulfonamides is 1. The minimum Gasteiger partial charge on any atom is -0.354 e. The zero-order valence-electron chi connectivity index (χ0n) is 25.3. The summed E-state index contributed by atoms with van der Waals surface area (Å²) in [5.74, 6) is -0.921. The molecule has 1 atom stereocenters. The molecule has 0 fully saturated rings. The lowest BCUT2D eigenvalue weighted by molar-refractivity contribution is -0.140. The topological polar surface area (TPSA) is 86.8 Å². The highest BCUT2D eigenvalue weighted by molar-refractivity contribution is 7.92. The quantitative estimate of drug-likeness (QED) is 0.146. The second-order valence-electron chi connectivity index (χ2n) is 10.7. The van der Waals surface area contributed by atoms with Crippen LogP contribution in [0.25, 0.3) is 0 Å². The molecule has 4 aromatic carbocycles. The third kappa shape index (κ3) is 8.87. The molecule has 0 spiro atoms. The summed E-state index contributed by atoms with van der Waals surface area (Å²) < 4.78 is 29.3. The lowest BCUT2D eigenvalue weighted by Gasteiger charge is -2.34. The zero-order valence-corrected chi connectivity index (χ0v) is 27.7. The van der Waals surface area contributed by atoms with Gasteiger partial charge in [-0.05, 0) is 54.8 Å². The minimum absolute atomic E-state index is 0.0108. The summed E-state index contributed by atoms with van der Waals surface area (Å²) in [4.78, 5) is 29.7. The fourth-order valence-corrected chi connectivity index (χ4v) is 6.79. The molecule has 10 heteroatoms. The van der Waals surface area contributed by atoms with Gasteiger partial charge in [0.15, 0.2) is 0 Å². The van der Waals surface area contributed by atoms with E-state index in [0.717, 1.165) is 28.3 Å². The molecular weight excluding hydrogens is 629 g/mol. The van der Waals surface area contributed by atoms with Crippen molar-refractivity contribution in [3.05, 3.63) is 130 Å². The molecule has 0 unspecified atom stereocenters. The van der Waals surface area contributed by atoms with Crippen LogP contribution in [-0.2, 0) is 32.6 Å². The Morgan fingerprint density at radius 2 is 1.44 bits per heavy atom. The van der Waals surface area contributed by atoms with E-state index >= 15 is 0 Å². The maximum atomic E-state index is 14.5. The molecule has 0 saturated heterocycles. The van der Waals surface area contributed by atoms with Crippen LogP contribution in [-0.4, -0.2) is 44.3 Å². The third-order valence-electron chi connectivity index (χ3n) is 7.41. The first-order chi connectivity index (χ1) is 21.6. The molecule has 7 nitrogen and oxygen atoms in total. The fraction of sp³-hybridized carbons (Fsp3) is 0.257. The van der Waals surface area contributed by atoms with Crippen molar-refractivity contribution in [1.82, 2.24) is 10.2 Å². The lowest BCUT2D eigenvalue weighted by atomic mass is 10.0. The number of unbranched alkanes of at least 4 members (excludes halogenated alkanes) is 1. The number of amides is 2. The largest absolute Gasteiger partial charge is 0.354 e. The summed E-state index contributed by atoms with van der Waals surface area (Å²) in [5.41, 5.74) is 2.51. The maximum absolute atomic E-state index is 14.5. The molecule has 0 saturated carbocycles. The molecule has 4 aromatic rings. The van der Waals surface area contributed by atoms with Crippen LogP contribution < -0.4 is 9.62 Å². The number of para-hydroxylation sites is 1. The van der Waals surface area contributed by atoms with Crippen molar-refractivity contribution in [1.29, 1.82) is 0 Å². The molecule has 0 bridgehead atoms. The van der Waals surface area contributed by atoms with Crippen LogP contribution in [0.2, 0.25) is 10.0 Å². The number of aryl methyl sites for hydroxylation is 1. The van der Waals surface area contributed by atoms with Crippen LogP contribution in [0.3, 0.4) is 0 Å². The van der Waals surface area contributed by atoms with Crippen molar-refractivity contribution in [2.45, 2.75) is 50.6 Å². The van der Waals surface area contributed by atoms with E-state index in [-0.39, 0.29) is 34.5 Å². The van der Waals surface area contributed by atoms with Gasteiger partial charge in [-0.1, -0.05) is 115 Å². The van der Waals surface area contributed by atoms with Gasteiger partial charge in [-0.3, -0.25) is 13.9 Å². The van der Waals surface area contributed by atoms with E-state index in [0.29, 0.717) is 17.1 Å². The van der Waals surface area contributed by atoms with E-state index in [4.69, 9.17) is 23.2 Å². The number of rotatable bonds is 14. The Hall–Kier alpha value is -3.85. The van der Waals surface area contributed by atoms with Gasteiger partial charge in [-0.2, -0.15) is 0 Å². The predicted molar refractivity (Wildman–Crippen MR) is 181 cm³/mol. The average Bonchev–Trinajstić information content (AvgIpc) is 3.03. The molecule has 4 rings (SSSR count). The summed E-state index contributed by atoms with van der Waals surface area (Å²) in [5, 5.41) is 3.57. The van der Waals surface area contributed by atoms with Gasteiger partial charge in [0.1, 0.15) is 12.6 Å². The van der Waals surface area contributed by atoms with E-state index in [2.05, 4.69) is 5.32 Å². The molecule has 0 aromatic heterocycles. The Kier molecular flexibility index (Phi) is 12.0. The molecule has 0 heterocycles. The van der Waals surface area contributed by atoms with Crippen molar-refractivity contribution >= 4 is 50.7 Å². The standard InChI is InChI=1S/C35H37Cl2N3O4S/c1-3-4-22-38-35(42)33(23-27-12-6-5-7-13-27)39(24-28-14-8-9-15-30(28)36)34(41)25-40(32-17-11-10-16-31(32)37)45(43,44)29-20-18-26(2)19-21-29/h5-21,33H,3-4,22-25H2,1-2H3,(H,38,42)/t33-/m1/s1. The number of hydrogen-bond donors (Lipinski definition) is 1. The molecule has 0 radical (unpaired) electrons. The van der Waals surface area contributed by atoms with Gasteiger partial charge in [-0.25, -0.2) is 8.42 Å². The van der Waals surface area contributed by atoms with Crippen molar-refractivity contribution in [3.63, 3.8) is 0 Å². The summed E-state index contributed by atoms with van der Waals surface area (Å²) in [6.45, 7) is 3.72. The van der Waals surface area contributed by atoms with Crippen molar-refractivity contribution in [3.8, 4) is 0 Å². The molecule has 1 N–H and O–H groups in total. The maximum Gasteiger partial charge on any atom is 0.264 e. The predicted octanol–water partition coefficient (Wildman–Crippen LogP) is 7.05. The van der Waals surface area contributed by atoms with E-state index in [9.17, 15) is 18.0 Å². The number of halogens is 2. The van der Waals surface area contributed by atoms with E-state index in [1.165, 1.54) is 17.0 Å². The van der Waals surface area contributed by atoms with Crippen LogP contribution in [0.5, 0.6) is 0 Å². The third-order valence-corrected chi connectivity index (χ3v) is 9.87. The number of benzene rings is 4. The first-order valence-corrected chi connectivity index (χ1v) is 17.0. The molecule has 2 amide bonds. The second-order valence-corrected chi connectivity index (χ2v) is 13.4. The van der Waals surface area contributed by atoms with Gasteiger partial charge in [0.05, 0.1) is 15.6 Å². The van der Waals surface area contributed by atoms with E-state index in [1.807, 2.05) is 44.2 Å². The first-order valence-electron chi connectivity index (χ1n) is 14.8. The number of carbonyl (C=O) groups is 2. The van der Waals surface area contributed by atoms with Gasteiger partial charge in [-0.15, -0.1) is 0 Å². The van der Waals surface area contributed by atoms with Crippen LogP contribution in [0.15, 0.2) is 108 Å². The van der Waals surface area contributed by atoms with Gasteiger partial charge < -0.3 is 10.2 Å². The summed E-state index contributed by atoms with van der Waals surface area (Å²) in [6, 6.07) is 28.4. The summed E-state index contributed by atoms with van der Waals surface area (Å²) >= 11 is 13.1. The zero-order chi connectivity index (χ0) is 32.4. The minimum atomic E-state index is -4.25. The lowest BCUT2D eigenvalue weighted by Crippen LogP contribution is -2.53. The number of hydrogen-bond acceptors (Lipinski definition) is 4. The van der Waals surface area contributed by atoms with Crippen molar-refractivity contribution in [2.24, 2.45) is 0 Å². The Labute approximate surface area is 275 Å². The van der Waals surface area contributed by atoms with Crippen molar-refractivity contribution in [2.75, 3.05) is 17.4 Å². The Bertz CT molecular complexity index is 1700. The number of anilines is 1. The number of nitrogens with zero attached hydrogens (tertiary/aromatic N) is 2. The molecule has 0 aliphatic heterocycles. The van der Waals surface area contributed by atoms with Crippen LogP contribution in [0.1, 0.15) is 36.5 Å². The van der Waals surface area contributed by atoms with E-state index < -0.39 is 28.5 Å². The molecule has 236 valence electrons. The van der Waals surface area contributed by atoms with Gasteiger partial charge >= 0.3 is 0 Å². The monoisotopic (exact) mass is 665 g/mol. The second kappa shape index (κ2) is 15.9. The highest BCUT2D eigenvalue weighted by Gasteiger charge is 2.35. The number of carbonyl (C=O) groups excluding carboxylic acids is 2. The smallest absolute Gasteiger partial charge is 0.264 e. The van der Waals surface area contributed by atoms with Crippen LogP contribution >= 0.6 is 23.2 Å². The molecule has 0 aliphatic carbocycles. The molecule has 0 aliphatic rings. The van der Waals surface area contributed by atoms with E-state index in [1.54, 1.807) is 60.7 Å². The first kappa shape index (κ1) is 34.0. The summed E-state index contributed by atoms with van der Waals surface area (Å²) in [7, 11) is -4.25. The van der Waals surface area contributed by atoms with Gasteiger partial charge in [0.2, 0.25) is 11.8 Å². The van der Waals surface area contributed by atoms with Crippen LogP contribution in [0.4, 0.5) is 5.69 Å². The Balaban J connectivity index is 1.80. The Morgan fingerprint density at radius 3 is 2.09 bits per heavy atom. The normalized spacial score (nSPS) is 11.9.